The highest BCUT2D eigenvalue weighted by Gasteiger charge is 2.35. The van der Waals surface area contributed by atoms with Crippen molar-refractivity contribution in [2.24, 2.45) is 0 Å². The summed E-state index contributed by atoms with van der Waals surface area (Å²) in [6.07, 6.45) is -1.80. The van der Waals surface area contributed by atoms with Gasteiger partial charge in [-0.2, -0.15) is 10.0 Å². The summed E-state index contributed by atoms with van der Waals surface area (Å²) in [7, 11) is 1.18. The molecule has 32 heavy (non-hydrogen) atoms. The van der Waals surface area contributed by atoms with Gasteiger partial charge in [0, 0.05) is 26.0 Å². The first-order chi connectivity index (χ1) is 15.2. The van der Waals surface area contributed by atoms with Crippen LogP contribution in [0.5, 0.6) is 0 Å². The third-order valence-corrected chi connectivity index (χ3v) is 4.41. The van der Waals surface area contributed by atoms with E-state index in [0.29, 0.717) is 5.06 Å². The highest BCUT2D eigenvalue weighted by Crippen LogP contribution is 2.27. The molecule has 1 fully saturated rings. The molecule has 0 saturated carbocycles. The molecule has 0 radical (unpaired) electrons. The number of hydrogen-bond acceptors (Lipinski definition) is 11. The quantitative estimate of drug-likeness (QED) is 0.248. The minimum absolute atomic E-state index is 0.0541. The Balaban J connectivity index is 2.18. The molecular weight excluding hydrogens is 428 g/mol. The summed E-state index contributed by atoms with van der Waals surface area (Å²) < 4.78 is 11.0. The van der Waals surface area contributed by atoms with Crippen LogP contribution in [0, 0.1) is 11.8 Å². The number of methoxy groups -OCH3 is 1. The Bertz CT molecular complexity index is 981. The van der Waals surface area contributed by atoms with E-state index in [0.717, 1.165) is 11.5 Å². The molecule has 1 amide bonds. The molecule has 13 heteroatoms. The molecule has 174 valence electrons. The van der Waals surface area contributed by atoms with Crippen LogP contribution in [0.3, 0.4) is 0 Å². The summed E-state index contributed by atoms with van der Waals surface area (Å²) in [6, 6.07) is 0. The maximum Gasteiger partial charge on any atom is 0.351 e. The number of nitrogen functional groups attached to an aromatic ring is 1. The highest BCUT2D eigenvalue weighted by molar-refractivity contribution is 5.82. The molecule has 1 aromatic heterocycles. The number of nitrogens with zero attached hydrogens (tertiary/aromatic N) is 3. The molecule has 2 rings (SSSR count). The van der Waals surface area contributed by atoms with Crippen LogP contribution in [0.15, 0.2) is 11.0 Å². The van der Waals surface area contributed by atoms with Crippen molar-refractivity contribution < 1.29 is 38.9 Å². The second-order valence-electron chi connectivity index (χ2n) is 6.74. The third kappa shape index (κ3) is 6.51. The minimum Gasteiger partial charge on any atom is -0.469 e. The van der Waals surface area contributed by atoms with Crippen LogP contribution in [0.25, 0.3) is 0 Å². The van der Waals surface area contributed by atoms with Gasteiger partial charge in [-0.25, -0.2) is 4.79 Å². The maximum atomic E-state index is 12.2. The van der Waals surface area contributed by atoms with E-state index in [2.05, 4.69) is 21.6 Å². The lowest BCUT2D eigenvalue weighted by atomic mass is 10.2. The Morgan fingerprint density at radius 1 is 1.41 bits per heavy atom. The van der Waals surface area contributed by atoms with Gasteiger partial charge in [0.15, 0.2) is 0 Å². The Hall–Kier alpha value is -3.47. The fraction of sp³-hybridized carbons (Fsp3) is 0.526. The number of esters is 1. The molecule has 1 aliphatic rings. The third-order valence-electron chi connectivity index (χ3n) is 4.41. The first-order valence-electron chi connectivity index (χ1n) is 9.53. The monoisotopic (exact) mass is 452 g/mol. The number of nitrogens with two attached hydrogens (primary N) is 1. The van der Waals surface area contributed by atoms with Crippen LogP contribution in [0.2, 0.25) is 0 Å². The molecule has 2 heterocycles. The number of carbonyl (C=O) groups excluding carboxylic acids is 3. The Labute approximate surface area is 182 Å². The van der Waals surface area contributed by atoms with Crippen molar-refractivity contribution in [3.05, 3.63) is 22.2 Å². The fourth-order valence-electron chi connectivity index (χ4n) is 2.80. The molecule has 3 atom stereocenters. The van der Waals surface area contributed by atoms with Gasteiger partial charge in [-0.3, -0.25) is 19.0 Å². The SMILES string of the molecule is COC(=O)CCC(=O)N(CC#Cc1cn([C@H]2C[C@H](O)[C@@H](CO)O2)c(=O)nc1N)OC(C)=O. The van der Waals surface area contributed by atoms with Crippen LogP contribution in [-0.2, 0) is 28.7 Å². The summed E-state index contributed by atoms with van der Waals surface area (Å²) in [5.74, 6) is 3.02. The average molecular weight is 452 g/mol. The standard InChI is InChI=1S/C19H24N4O9/c1-11(25)32-23(15(27)5-6-17(28)30-2)7-3-4-12-9-22(19(29)21-18(12)20)16-8-13(26)14(10-24)31-16/h9,13-14,16,24,26H,5-8,10H2,1-2H3,(H2,20,21,29)/t13-,14+,16+/m0/s1. The summed E-state index contributed by atoms with van der Waals surface area (Å²) in [6.45, 7) is 0.336. The fourth-order valence-corrected chi connectivity index (χ4v) is 2.80. The predicted molar refractivity (Wildman–Crippen MR) is 106 cm³/mol. The number of ether oxygens (including phenoxy) is 2. The van der Waals surface area contributed by atoms with Gasteiger partial charge < -0.3 is 30.3 Å². The smallest absolute Gasteiger partial charge is 0.351 e. The van der Waals surface area contributed by atoms with Gasteiger partial charge in [0.1, 0.15) is 24.7 Å². The van der Waals surface area contributed by atoms with Gasteiger partial charge in [-0.1, -0.05) is 11.8 Å². The van der Waals surface area contributed by atoms with Crippen molar-refractivity contribution in [3.8, 4) is 11.8 Å². The van der Waals surface area contributed by atoms with Gasteiger partial charge in [0.2, 0.25) is 0 Å². The van der Waals surface area contributed by atoms with Crippen LogP contribution in [0.1, 0.15) is 38.0 Å². The van der Waals surface area contributed by atoms with Crippen molar-refractivity contribution >= 4 is 23.7 Å². The average Bonchev–Trinajstić information content (AvgIpc) is 3.12. The molecule has 1 saturated heterocycles. The molecule has 0 aliphatic carbocycles. The molecule has 0 spiro atoms. The predicted octanol–water partition coefficient (Wildman–Crippen LogP) is -1.92. The van der Waals surface area contributed by atoms with Crippen molar-refractivity contribution in [1.29, 1.82) is 0 Å². The van der Waals surface area contributed by atoms with Gasteiger partial charge in [-0.05, 0) is 0 Å². The Kier molecular flexibility index (Phi) is 8.71. The van der Waals surface area contributed by atoms with Crippen molar-refractivity contribution in [2.75, 3.05) is 26.0 Å². The van der Waals surface area contributed by atoms with Gasteiger partial charge >= 0.3 is 17.6 Å². The van der Waals surface area contributed by atoms with Crippen LogP contribution >= 0.6 is 0 Å². The Morgan fingerprint density at radius 2 is 2.12 bits per heavy atom. The van der Waals surface area contributed by atoms with Crippen LogP contribution in [-0.4, -0.2) is 75.1 Å². The number of hydroxylamine groups is 2. The van der Waals surface area contributed by atoms with Gasteiger partial charge in [0.25, 0.3) is 5.91 Å². The number of amides is 1. The molecule has 13 nitrogen and oxygen atoms in total. The van der Waals surface area contributed by atoms with E-state index in [1.165, 1.54) is 13.3 Å². The number of aromatic nitrogens is 2. The molecular formula is C19H24N4O9. The summed E-state index contributed by atoms with van der Waals surface area (Å²) in [5, 5.41) is 19.8. The second-order valence-corrected chi connectivity index (χ2v) is 6.74. The summed E-state index contributed by atoms with van der Waals surface area (Å²) in [5.41, 5.74) is 5.14. The minimum atomic E-state index is -0.961. The van der Waals surface area contributed by atoms with E-state index >= 15 is 0 Å². The van der Waals surface area contributed by atoms with E-state index in [-0.39, 0.29) is 37.2 Å². The topological polar surface area (TPSA) is 184 Å². The number of hydrogen-bond donors (Lipinski definition) is 3. The summed E-state index contributed by atoms with van der Waals surface area (Å²) >= 11 is 0. The van der Waals surface area contributed by atoms with Crippen molar-refractivity contribution in [3.63, 3.8) is 0 Å². The number of carbonyl (C=O) groups is 3. The lowest BCUT2D eigenvalue weighted by Gasteiger charge is -2.17. The molecule has 1 aliphatic heterocycles. The normalized spacial score (nSPS) is 19.6. The van der Waals surface area contributed by atoms with E-state index in [1.54, 1.807) is 0 Å². The Morgan fingerprint density at radius 3 is 2.72 bits per heavy atom. The number of anilines is 1. The zero-order valence-corrected chi connectivity index (χ0v) is 17.5. The first kappa shape index (κ1) is 24.8. The largest absolute Gasteiger partial charge is 0.469 e. The lowest BCUT2D eigenvalue weighted by Crippen LogP contribution is -2.33. The van der Waals surface area contributed by atoms with Gasteiger partial charge in [-0.15, -0.1) is 0 Å². The summed E-state index contributed by atoms with van der Waals surface area (Å²) in [4.78, 5) is 55.4. The number of rotatable bonds is 6. The molecule has 0 unspecified atom stereocenters. The number of aliphatic hydroxyl groups excluding tert-OH is 2. The molecule has 0 bridgehead atoms. The van der Waals surface area contributed by atoms with Crippen LogP contribution < -0.4 is 11.4 Å². The first-order valence-corrected chi connectivity index (χ1v) is 9.53. The second kappa shape index (κ2) is 11.2. The highest BCUT2D eigenvalue weighted by atomic mass is 16.7. The molecule has 1 aromatic rings. The van der Waals surface area contributed by atoms with E-state index in [4.69, 9.17) is 15.3 Å². The molecule has 0 aromatic carbocycles. The van der Waals surface area contributed by atoms with Crippen molar-refractivity contribution in [1.82, 2.24) is 14.6 Å². The van der Waals surface area contributed by atoms with E-state index in [1.807, 2.05) is 0 Å². The number of aliphatic hydroxyl groups is 2. The van der Waals surface area contributed by atoms with Gasteiger partial charge in [0.05, 0.1) is 31.8 Å². The zero-order valence-electron chi connectivity index (χ0n) is 17.5. The van der Waals surface area contributed by atoms with Crippen molar-refractivity contribution in [2.45, 2.75) is 44.6 Å². The maximum absolute atomic E-state index is 12.2. The zero-order chi connectivity index (χ0) is 23.8. The van der Waals surface area contributed by atoms with E-state index < -0.39 is 48.6 Å². The lowest BCUT2D eigenvalue weighted by molar-refractivity contribution is -0.194. The molecule has 4 N–H and O–H groups in total. The van der Waals surface area contributed by atoms with Crippen LogP contribution in [0.4, 0.5) is 5.82 Å². The van der Waals surface area contributed by atoms with E-state index in [9.17, 15) is 29.4 Å².